The lowest BCUT2D eigenvalue weighted by molar-refractivity contribution is -0.121. The Hall–Kier alpha value is -1.89. The minimum atomic E-state index is -0.0839. The lowest BCUT2D eigenvalue weighted by Crippen LogP contribution is -2.28. The fourth-order valence-electron chi connectivity index (χ4n) is 2.53. The molecular formula is C20H18BrClN2O2S. The molecule has 0 spiro atoms. The lowest BCUT2D eigenvalue weighted by atomic mass is 10.1. The van der Waals surface area contributed by atoms with Crippen LogP contribution in [0.4, 0.5) is 0 Å². The number of amides is 1. The number of carbonyl (C=O) groups is 1. The molecule has 1 amide bonds. The van der Waals surface area contributed by atoms with E-state index in [4.69, 9.17) is 16.3 Å². The second-order valence-corrected chi connectivity index (χ2v) is 8.20. The van der Waals surface area contributed by atoms with E-state index in [9.17, 15) is 4.79 Å². The van der Waals surface area contributed by atoms with Gasteiger partial charge in [-0.05, 0) is 42.8 Å². The van der Waals surface area contributed by atoms with Crippen molar-refractivity contribution in [2.45, 2.75) is 26.0 Å². The molecule has 140 valence electrons. The number of nitrogens with zero attached hydrogens (tertiary/aromatic N) is 1. The maximum atomic E-state index is 12.3. The van der Waals surface area contributed by atoms with Gasteiger partial charge in [-0.25, -0.2) is 4.98 Å². The Morgan fingerprint density at radius 3 is 2.74 bits per heavy atom. The average molecular weight is 466 g/mol. The van der Waals surface area contributed by atoms with Gasteiger partial charge in [0.2, 0.25) is 5.91 Å². The zero-order valence-electron chi connectivity index (χ0n) is 14.6. The molecule has 3 rings (SSSR count). The molecule has 0 saturated heterocycles. The van der Waals surface area contributed by atoms with Crippen molar-refractivity contribution in [3.8, 4) is 5.75 Å². The monoisotopic (exact) mass is 464 g/mol. The third-order valence-electron chi connectivity index (χ3n) is 3.87. The second-order valence-electron chi connectivity index (χ2n) is 5.96. The number of ether oxygens (including phenoxy) is 1. The molecule has 0 fully saturated rings. The quantitative estimate of drug-likeness (QED) is 0.497. The van der Waals surface area contributed by atoms with Crippen LogP contribution in [-0.2, 0) is 17.8 Å². The highest BCUT2D eigenvalue weighted by molar-refractivity contribution is 9.10. The predicted molar refractivity (Wildman–Crippen MR) is 112 cm³/mol. The highest BCUT2D eigenvalue weighted by atomic mass is 79.9. The fourth-order valence-corrected chi connectivity index (χ4v) is 3.99. The molecule has 3 aromatic rings. The standard InChI is InChI=1S/C20H18BrClN2O2S/c1-13(17-4-2-3-5-18(17)21)23-19(25)10-15-12-27-20(24-15)11-26-16-8-6-14(22)7-9-16/h2-9,12-13H,10-11H2,1H3,(H,23,25)/t13-/m0/s1. The number of hydrogen-bond acceptors (Lipinski definition) is 4. The van der Waals surface area contributed by atoms with Gasteiger partial charge in [0.05, 0.1) is 18.2 Å². The molecule has 0 saturated carbocycles. The number of benzene rings is 2. The van der Waals surface area contributed by atoms with Gasteiger partial charge in [-0.2, -0.15) is 0 Å². The number of aromatic nitrogens is 1. The van der Waals surface area contributed by atoms with E-state index < -0.39 is 0 Å². The van der Waals surface area contributed by atoms with Crippen molar-refractivity contribution in [3.05, 3.63) is 79.7 Å². The Morgan fingerprint density at radius 1 is 1.26 bits per heavy atom. The molecule has 27 heavy (non-hydrogen) atoms. The summed E-state index contributed by atoms with van der Waals surface area (Å²) in [6, 6.07) is 15.0. The van der Waals surface area contributed by atoms with E-state index in [1.165, 1.54) is 11.3 Å². The SMILES string of the molecule is C[C@H](NC(=O)Cc1csc(COc2ccc(Cl)cc2)n1)c1ccccc1Br. The highest BCUT2D eigenvalue weighted by Crippen LogP contribution is 2.23. The highest BCUT2D eigenvalue weighted by Gasteiger charge is 2.14. The maximum absolute atomic E-state index is 12.3. The van der Waals surface area contributed by atoms with E-state index in [1.54, 1.807) is 12.1 Å². The summed E-state index contributed by atoms with van der Waals surface area (Å²) in [7, 11) is 0. The van der Waals surface area contributed by atoms with Gasteiger partial charge >= 0.3 is 0 Å². The first-order valence-electron chi connectivity index (χ1n) is 8.36. The summed E-state index contributed by atoms with van der Waals surface area (Å²) in [5.74, 6) is 0.671. The summed E-state index contributed by atoms with van der Waals surface area (Å²) in [6.45, 7) is 2.33. The lowest BCUT2D eigenvalue weighted by Gasteiger charge is -2.15. The van der Waals surface area contributed by atoms with E-state index in [2.05, 4.69) is 26.2 Å². The molecule has 1 atom stereocenters. The molecule has 4 nitrogen and oxygen atoms in total. The van der Waals surface area contributed by atoms with E-state index >= 15 is 0 Å². The first kappa shape index (κ1) is 19.9. The molecule has 2 aromatic carbocycles. The summed E-state index contributed by atoms with van der Waals surface area (Å²) in [4.78, 5) is 16.8. The number of nitrogens with one attached hydrogen (secondary N) is 1. The van der Waals surface area contributed by atoms with Crippen LogP contribution in [0, 0.1) is 0 Å². The van der Waals surface area contributed by atoms with E-state index in [0.717, 1.165) is 26.5 Å². The van der Waals surface area contributed by atoms with Crippen molar-refractivity contribution in [3.63, 3.8) is 0 Å². The Kier molecular flexibility index (Phi) is 6.88. The Morgan fingerprint density at radius 2 is 2.00 bits per heavy atom. The molecule has 0 unspecified atom stereocenters. The average Bonchev–Trinajstić information content (AvgIpc) is 3.08. The van der Waals surface area contributed by atoms with Gasteiger partial charge in [0.15, 0.2) is 0 Å². The van der Waals surface area contributed by atoms with Crippen LogP contribution in [0.2, 0.25) is 5.02 Å². The van der Waals surface area contributed by atoms with Crippen molar-refractivity contribution >= 4 is 44.8 Å². The van der Waals surface area contributed by atoms with Crippen LogP contribution in [0.25, 0.3) is 0 Å². The number of hydrogen-bond donors (Lipinski definition) is 1. The molecule has 1 aromatic heterocycles. The van der Waals surface area contributed by atoms with Gasteiger partial charge in [0, 0.05) is 14.9 Å². The van der Waals surface area contributed by atoms with Gasteiger partial charge in [-0.15, -0.1) is 11.3 Å². The zero-order valence-corrected chi connectivity index (χ0v) is 17.8. The number of thiazole rings is 1. The van der Waals surface area contributed by atoms with Crippen LogP contribution in [0.1, 0.15) is 29.2 Å². The van der Waals surface area contributed by atoms with E-state index in [-0.39, 0.29) is 18.4 Å². The van der Waals surface area contributed by atoms with Crippen molar-refractivity contribution in [1.29, 1.82) is 0 Å². The Bertz CT molecular complexity index is 914. The van der Waals surface area contributed by atoms with E-state index in [0.29, 0.717) is 11.6 Å². The number of carbonyl (C=O) groups excluding carboxylic acids is 1. The maximum Gasteiger partial charge on any atom is 0.226 e. The van der Waals surface area contributed by atoms with Crippen LogP contribution in [0.15, 0.2) is 58.4 Å². The molecule has 1 N–H and O–H groups in total. The molecule has 7 heteroatoms. The van der Waals surface area contributed by atoms with Gasteiger partial charge in [0.25, 0.3) is 0 Å². The van der Waals surface area contributed by atoms with Gasteiger partial charge < -0.3 is 10.1 Å². The normalized spacial score (nSPS) is 11.8. The van der Waals surface area contributed by atoms with Crippen molar-refractivity contribution in [2.75, 3.05) is 0 Å². The summed E-state index contributed by atoms with van der Waals surface area (Å²) in [5, 5.41) is 6.40. The van der Waals surface area contributed by atoms with Crippen molar-refractivity contribution in [2.24, 2.45) is 0 Å². The van der Waals surface area contributed by atoms with Crippen molar-refractivity contribution in [1.82, 2.24) is 10.3 Å². The second kappa shape index (κ2) is 9.35. The summed E-state index contributed by atoms with van der Waals surface area (Å²) in [5.41, 5.74) is 1.78. The minimum Gasteiger partial charge on any atom is -0.486 e. The smallest absolute Gasteiger partial charge is 0.226 e. The molecule has 0 aliphatic heterocycles. The van der Waals surface area contributed by atoms with Crippen LogP contribution < -0.4 is 10.1 Å². The molecule has 0 bridgehead atoms. The number of halogens is 2. The van der Waals surface area contributed by atoms with E-state index in [1.807, 2.05) is 48.7 Å². The minimum absolute atomic E-state index is 0.0614. The summed E-state index contributed by atoms with van der Waals surface area (Å²) in [6.07, 6.45) is 0.242. The Balaban J connectivity index is 1.51. The van der Waals surface area contributed by atoms with Crippen LogP contribution in [0.3, 0.4) is 0 Å². The molecule has 0 aliphatic rings. The van der Waals surface area contributed by atoms with Crippen LogP contribution >= 0.6 is 38.9 Å². The topological polar surface area (TPSA) is 51.2 Å². The van der Waals surface area contributed by atoms with Gasteiger partial charge in [0.1, 0.15) is 17.4 Å². The first-order chi connectivity index (χ1) is 13.0. The predicted octanol–water partition coefficient (Wildman–Crippen LogP) is 5.56. The van der Waals surface area contributed by atoms with Crippen LogP contribution in [0.5, 0.6) is 5.75 Å². The third kappa shape index (κ3) is 5.79. The zero-order chi connectivity index (χ0) is 19.2. The largest absolute Gasteiger partial charge is 0.486 e. The Labute approximate surface area is 175 Å². The van der Waals surface area contributed by atoms with Crippen LogP contribution in [-0.4, -0.2) is 10.9 Å². The van der Waals surface area contributed by atoms with Gasteiger partial charge in [-0.3, -0.25) is 4.79 Å². The molecule has 0 aliphatic carbocycles. The molecule has 1 heterocycles. The van der Waals surface area contributed by atoms with Gasteiger partial charge in [-0.1, -0.05) is 45.7 Å². The molecular weight excluding hydrogens is 448 g/mol. The first-order valence-corrected chi connectivity index (χ1v) is 10.4. The summed E-state index contributed by atoms with van der Waals surface area (Å²) < 4.78 is 6.66. The third-order valence-corrected chi connectivity index (χ3v) is 5.71. The fraction of sp³-hybridized carbons (Fsp3) is 0.200. The molecule has 0 radical (unpaired) electrons. The number of rotatable bonds is 7. The summed E-state index contributed by atoms with van der Waals surface area (Å²) >= 11 is 10.9. The van der Waals surface area contributed by atoms with Crippen molar-refractivity contribution < 1.29 is 9.53 Å².